The quantitative estimate of drug-likeness (QED) is 0.650. The molecule has 2 unspecified atom stereocenters. The number of hydrogen-bond donors (Lipinski definition) is 2. The lowest BCUT2D eigenvalue weighted by molar-refractivity contribution is -0.136. The molecular weight excluding hydrogens is 236 g/mol. The van der Waals surface area contributed by atoms with E-state index in [1.807, 2.05) is 13.8 Å². The lowest BCUT2D eigenvalue weighted by Crippen LogP contribution is -2.39. The summed E-state index contributed by atoms with van der Waals surface area (Å²) in [7, 11) is 0. The van der Waals surface area contributed by atoms with Crippen molar-refractivity contribution in [2.75, 3.05) is 0 Å². The molecule has 2 aliphatic rings. The molecule has 2 saturated heterocycles. The van der Waals surface area contributed by atoms with Crippen LogP contribution in [0.3, 0.4) is 0 Å². The van der Waals surface area contributed by atoms with E-state index in [1.54, 1.807) is 0 Å². The highest BCUT2D eigenvalue weighted by molar-refractivity contribution is 6.03. The highest BCUT2D eigenvalue weighted by Gasteiger charge is 2.28. The van der Waals surface area contributed by atoms with E-state index in [2.05, 4.69) is 10.6 Å². The third kappa shape index (κ3) is 3.94. The maximum absolute atomic E-state index is 10.7. The Labute approximate surface area is 105 Å². The van der Waals surface area contributed by atoms with Gasteiger partial charge in [-0.2, -0.15) is 0 Å². The van der Waals surface area contributed by atoms with Crippen LogP contribution in [0.5, 0.6) is 0 Å². The van der Waals surface area contributed by atoms with Crippen molar-refractivity contribution in [1.29, 1.82) is 0 Å². The van der Waals surface area contributed by atoms with Gasteiger partial charge in [0.2, 0.25) is 23.6 Å². The molecule has 0 aliphatic carbocycles. The van der Waals surface area contributed by atoms with Crippen LogP contribution in [0, 0.1) is 11.8 Å². The molecule has 0 radical (unpaired) electrons. The van der Waals surface area contributed by atoms with Crippen molar-refractivity contribution >= 4 is 23.6 Å². The second-order valence-electron chi connectivity index (χ2n) is 4.57. The number of imide groups is 2. The fourth-order valence-corrected chi connectivity index (χ4v) is 1.74. The molecule has 6 heteroatoms. The number of piperidine rings is 1. The average Bonchev–Trinajstić information content (AvgIpc) is 2.64. The smallest absolute Gasteiger partial charge is 0.230 e. The van der Waals surface area contributed by atoms with Crippen molar-refractivity contribution in [2.45, 2.75) is 39.5 Å². The first-order chi connectivity index (χ1) is 8.43. The van der Waals surface area contributed by atoms with Gasteiger partial charge in [-0.3, -0.25) is 29.8 Å². The van der Waals surface area contributed by atoms with Gasteiger partial charge < -0.3 is 0 Å². The zero-order valence-electron chi connectivity index (χ0n) is 10.6. The van der Waals surface area contributed by atoms with Gasteiger partial charge in [0.15, 0.2) is 0 Å². The van der Waals surface area contributed by atoms with Crippen LogP contribution in [-0.2, 0) is 19.2 Å². The Hall–Kier alpha value is -1.72. The molecule has 0 saturated carbocycles. The summed E-state index contributed by atoms with van der Waals surface area (Å²) in [6, 6.07) is 0. The number of carbonyl (C=O) groups excluding carboxylic acids is 4. The van der Waals surface area contributed by atoms with E-state index >= 15 is 0 Å². The monoisotopic (exact) mass is 254 g/mol. The van der Waals surface area contributed by atoms with Gasteiger partial charge in [0.1, 0.15) is 0 Å². The van der Waals surface area contributed by atoms with Crippen molar-refractivity contribution in [3.63, 3.8) is 0 Å². The summed E-state index contributed by atoms with van der Waals surface area (Å²) in [4.78, 5) is 42.3. The Bertz CT molecular complexity index is 374. The summed E-state index contributed by atoms with van der Waals surface area (Å²) in [5, 5.41) is 4.49. The van der Waals surface area contributed by atoms with E-state index in [9.17, 15) is 19.2 Å². The number of hydrogen-bond acceptors (Lipinski definition) is 4. The van der Waals surface area contributed by atoms with Crippen molar-refractivity contribution in [2.24, 2.45) is 11.8 Å². The molecule has 2 fully saturated rings. The van der Waals surface area contributed by atoms with Crippen LogP contribution in [0.2, 0.25) is 0 Å². The van der Waals surface area contributed by atoms with Crippen LogP contribution in [-0.4, -0.2) is 23.6 Å². The Morgan fingerprint density at radius 2 is 1.67 bits per heavy atom. The van der Waals surface area contributed by atoms with E-state index in [4.69, 9.17) is 0 Å². The Balaban J connectivity index is 0.000000180. The van der Waals surface area contributed by atoms with E-state index in [1.165, 1.54) is 0 Å². The maximum Gasteiger partial charge on any atom is 0.230 e. The highest BCUT2D eigenvalue weighted by Crippen LogP contribution is 2.13. The van der Waals surface area contributed by atoms with Crippen LogP contribution in [0.4, 0.5) is 0 Å². The van der Waals surface area contributed by atoms with Gasteiger partial charge in [-0.15, -0.1) is 0 Å². The zero-order valence-corrected chi connectivity index (χ0v) is 10.6. The normalized spacial score (nSPS) is 27.2. The molecular formula is C12H18N2O4. The lowest BCUT2D eigenvalue weighted by Gasteiger charge is -2.15. The second-order valence-corrected chi connectivity index (χ2v) is 4.57. The van der Waals surface area contributed by atoms with Crippen molar-refractivity contribution in [3.8, 4) is 0 Å². The first kappa shape index (κ1) is 14.3. The van der Waals surface area contributed by atoms with Crippen molar-refractivity contribution in [3.05, 3.63) is 0 Å². The maximum atomic E-state index is 10.7. The molecule has 2 N–H and O–H groups in total. The number of nitrogens with one attached hydrogen (secondary N) is 2. The minimum atomic E-state index is -0.141. The zero-order chi connectivity index (χ0) is 13.7. The van der Waals surface area contributed by atoms with Crippen LogP contribution in [0.25, 0.3) is 0 Å². The molecule has 4 amide bonds. The molecule has 18 heavy (non-hydrogen) atoms. The summed E-state index contributed by atoms with van der Waals surface area (Å²) >= 11 is 0. The molecule has 6 nitrogen and oxygen atoms in total. The summed E-state index contributed by atoms with van der Waals surface area (Å²) in [5.74, 6) is -0.557. The molecule has 100 valence electrons. The summed E-state index contributed by atoms with van der Waals surface area (Å²) in [6.07, 6.45) is 2.34. The summed E-state index contributed by atoms with van der Waals surface area (Å²) < 4.78 is 0. The van der Waals surface area contributed by atoms with E-state index < -0.39 is 0 Å². The Morgan fingerprint density at radius 1 is 1.06 bits per heavy atom. The molecule has 0 aromatic heterocycles. The molecule has 0 spiro atoms. The average molecular weight is 254 g/mol. The molecule has 2 atom stereocenters. The number of amides is 4. The van der Waals surface area contributed by atoms with Crippen LogP contribution in [0.1, 0.15) is 39.5 Å². The number of carbonyl (C=O) groups is 4. The van der Waals surface area contributed by atoms with E-state index in [-0.39, 0.29) is 35.5 Å². The van der Waals surface area contributed by atoms with Gasteiger partial charge in [-0.05, 0) is 12.8 Å². The van der Waals surface area contributed by atoms with Gasteiger partial charge in [-0.25, -0.2) is 0 Å². The first-order valence-corrected chi connectivity index (χ1v) is 6.11. The molecule has 2 aliphatic heterocycles. The first-order valence-electron chi connectivity index (χ1n) is 6.11. The minimum Gasteiger partial charge on any atom is -0.296 e. The van der Waals surface area contributed by atoms with Crippen LogP contribution < -0.4 is 10.6 Å². The van der Waals surface area contributed by atoms with E-state index in [0.29, 0.717) is 19.3 Å². The van der Waals surface area contributed by atoms with Gasteiger partial charge in [0, 0.05) is 24.7 Å². The minimum absolute atomic E-state index is 0.0164. The SMILES string of the molecule is CC1CCC(=O)NC1=O.CCC1CC(=O)NC1=O. The Kier molecular flexibility index (Phi) is 5.00. The molecule has 2 heterocycles. The largest absolute Gasteiger partial charge is 0.296 e. The van der Waals surface area contributed by atoms with Gasteiger partial charge in [0.05, 0.1) is 0 Å². The van der Waals surface area contributed by atoms with Crippen molar-refractivity contribution < 1.29 is 19.2 Å². The molecule has 2 rings (SSSR count). The van der Waals surface area contributed by atoms with Gasteiger partial charge >= 0.3 is 0 Å². The fraction of sp³-hybridized carbons (Fsp3) is 0.667. The Morgan fingerprint density at radius 3 is 2.00 bits per heavy atom. The molecule has 0 aromatic carbocycles. The standard InChI is InChI=1S/2C6H9NO2/c1-4-2-3-5(8)7-6(4)9;1-2-4-3-5(8)7-6(4)9/h2*4H,2-3H2,1H3,(H,7,8,9). The predicted octanol–water partition coefficient (Wildman–Crippen LogP) is 0.118. The fourth-order valence-electron chi connectivity index (χ4n) is 1.74. The summed E-state index contributed by atoms with van der Waals surface area (Å²) in [5.41, 5.74) is 0. The second kappa shape index (κ2) is 6.28. The van der Waals surface area contributed by atoms with Crippen LogP contribution >= 0.6 is 0 Å². The lowest BCUT2D eigenvalue weighted by atomic mass is 10.0. The predicted molar refractivity (Wildman–Crippen MR) is 63.1 cm³/mol. The van der Waals surface area contributed by atoms with E-state index in [0.717, 1.165) is 6.42 Å². The third-order valence-corrected chi connectivity index (χ3v) is 3.07. The molecule has 0 bridgehead atoms. The number of rotatable bonds is 1. The highest BCUT2D eigenvalue weighted by atomic mass is 16.2. The summed E-state index contributed by atoms with van der Waals surface area (Å²) in [6.45, 7) is 3.73. The van der Waals surface area contributed by atoms with Gasteiger partial charge in [-0.1, -0.05) is 13.8 Å². The van der Waals surface area contributed by atoms with Crippen LogP contribution in [0.15, 0.2) is 0 Å². The van der Waals surface area contributed by atoms with Crippen molar-refractivity contribution in [1.82, 2.24) is 10.6 Å². The topological polar surface area (TPSA) is 92.3 Å². The molecule has 0 aromatic rings. The van der Waals surface area contributed by atoms with Gasteiger partial charge in [0.25, 0.3) is 0 Å². The third-order valence-electron chi connectivity index (χ3n) is 3.07.